The van der Waals surface area contributed by atoms with Crippen molar-refractivity contribution in [1.82, 2.24) is 0 Å². The van der Waals surface area contributed by atoms with Gasteiger partial charge >= 0.3 is 0 Å². The van der Waals surface area contributed by atoms with E-state index in [-0.39, 0.29) is 22.0 Å². The number of methoxy groups -OCH3 is 1. The lowest BCUT2D eigenvalue weighted by atomic mass is 10.0. The van der Waals surface area contributed by atoms with E-state index in [9.17, 15) is 22.9 Å². The number of ether oxygens (including phenoxy) is 1. The Morgan fingerprint density at radius 1 is 1.03 bits per heavy atom. The van der Waals surface area contributed by atoms with Gasteiger partial charge in [0.05, 0.1) is 22.7 Å². The van der Waals surface area contributed by atoms with Crippen molar-refractivity contribution in [1.29, 1.82) is 0 Å². The molecule has 3 N–H and O–H groups in total. The molecule has 0 heterocycles. The first-order valence-electron chi connectivity index (χ1n) is 11.1. The number of fused-ring (bicyclic) bond motifs is 1. The van der Waals surface area contributed by atoms with Crippen LogP contribution in [0.15, 0.2) is 75.8 Å². The molecule has 0 fully saturated rings. The molecule has 1 amide bonds. The average Bonchev–Trinajstić information content (AvgIpc) is 2.88. The molecule has 38 heavy (non-hydrogen) atoms. The van der Waals surface area contributed by atoms with Gasteiger partial charge in [-0.05, 0) is 41.6 Å². The van der Waals surface area contributed by atoms with Gasteiger partial charge in [-0.25, -0.2) is 0 Å². The molecule has 12 heteroatoms. The Bertz CT molecular complexity index is 1710. The van der Waals surface area contributed by atoms with Crippen LogP contribution in [-0.2, 0) is 16.5 Å². The van der Waals surface area contributed by atoms with Gasteiger partial charge in [-0.15, -0.1) is 10.2 Å². The van der Waals surface area contributed by atoms with Crippen molar-refractivity contribution < 1.29 is 27.6 Å². The van der Waals surface area contributed by atoms with Crippen molar-refractivity contribution in [3.8, 4) is 11.5 Å². The lowest BCUT2D eigenvalue weighted by Gasteiger charge is -2.12. The maximum atomic E-state index is 13.2. The number of azo groups is 1. The molecule has 0 aliphatic carbocycles. The van der Waals surface area contributed by atoms with Crippen molar-refractivity contribution in [2.24, 2.45) is 10.2 Å². The third kappa shape index (κ3) is 5.44. The standard InChI is InChI=1S/C26H21Cl2N3O6S/c1-3-14-8-11-21(38(34,35)36)22(28)23(14)30-31-24-17-7-5-4-6-15(17)12-18(25(24)32)26(33)29-16-9-10-19(27)20(13-16)37-2/h4-13,32H,3H2,1-2H3,(H,29,33)(H,34,35,36). The Morgan fingerprint density at radius 3 is 2.42 bits per heavy atom. The summed E-state index contributed by atoms with van der Waals surface area (Å²) in [5.41, 5.74) is 0.835. The van der Waals surface area contributed by atoms with Crippen LogP contribution in [0.2, 0.25) is 10.0 Å². The molecule has 0 saturated carbocycles. The SMILES string of the molecule is CCc1ccc(S(=O)(=O)O)c(Cl)c1N=Nc1c(O)c(C(=O)Nc2ccc(Cl)c(OC)c2)cc2ccccc12. The van der Waals surface area contributed by atoms with E-state index in [1.165, 1.54) is 31.4 Å². The highest BCUT2D eigenvalue weighted by Crippen LogP contribution is 2.42. The van der Waals surface area contributed by atoms with E-state index in [1.54, 1.807) is 43.3 Å². The minimum absolute atomic E-state index is 0.0101. The largest absolute Gasteiger partial charge is 0.505 e. The number of halogens is 2. The maximum Gasteiger partial charge on any atom is 0.296 e. The first-order valence-corrected chi connectivity index (χ1v) is 13.3. The second-order valence-electron chi connectivity index (χ2n) is 8.06. The molecule has 4 rings (SSSR count). The number of hydrogen-bond donors (Lipinski definition) is 3. The molecule has 0 unspecified atom stereocenters. The number of phenolic OH excluding ortho intramolecular Hbond substituents is 1. The summed E-state index contributed by atoms with van der Waals surface area (Å²) in [5.74, 6) is -0.724. The smallest absolute Gasteiger partial charge is 0.296 e. The van der Waals surface area contributed by atoms with Gasteiger partial charge in [-0.3, -0.25) is 9.35 Å². The van der Waals surface area contributed by atoms with Crippen LogP contribution in [0.1, 0.15) is 22.8 Å². The molecule has 0 bridgehead atoms. The Kier molecular flexibility index (Phi) is 7.89. The minimum atomic E-state index is -4.62. The van der Waals surface area contributed by atoms with E-state index in [4.69, 9.17) is 27.9 Å². The van der Waals surface area contributed by atoms with Crippen molar-refractivity contribution in [2.45, 2.75) is 18.2 Å². The molecule has 0 spiro atoms. The molecule has 0 radical (unpaired) electrons. The summed E-state index contributed by atoms with van der Waals surface area (Å²) in [6.45, 7) is 1.81. The molecule has 196 valence electrons. The van der Waals surface area contributed by atoms with Gasteiger partial charge in [-0.2, -0.15) is 8.42 Å². The Balaban J connectivity index is 1.83. The molecule has 4 aromatic rings. The molecular weight excluding hydrogens is 553 g/mol. The van der Waals surface area contributed by atoms with Crippen molar-refractivity contribution >= 4 is 67.1 Å². The van der Waals surface area contributed by atoms with Gasteiger partial charge in [0.25, 0.3) is 16.0 Å². The minimum Gasteiger partial charge on any atom is -0.505 e. The van der Waals surface area contributed by atoms with Gasteiger partial charge in [0.2, 0.25) is 0 Å². The number of nitrogens with zero attached hydrogens (tertiary/aromatic N) is 2. The fourth-order valence-corrected chi connectivity index (χ4v) is 5.08. The fraction of sp³-hybridized carbons (Fsp3) is 0.115. The zero-order valence-corrected chi connectivity index (χ0v) is 22.4. The summed E-state index contributed by atoms with van der Waals surface area (Å²) in [6, 6.07) is 15.7. The summed E-state index contributed by atoms with van der Waals surface area (Å²) < 4.78 is 38.2. The number of benzene rings is 4. The van der Waals surface area contributed by atoms with Crippen LogP contribution in [0, 0.1) is 0 Å². The van der Waals surface area contributed by atoms with Gasteiger partial charge in [0.1, 0.15) is 22.0 Å². The number of phenols is 1. The van der Waals surface area contributed by atoms with E-state index in [0.717, 1.165) is 0 Å². The topological polar surface area (TPSA) is 138 Å². The summed E-state index contributed by atoms with van der Waals surface area (Å²) in [5, 5.41) is 23.3. The Hall–Kier alpha value is -3.70. The molecule has 0 aliphatic rings. The first kappa shape index (κ1) is 27.3. The Labute approximate surface area is 228 Å². The average molecular weight is 574 g/mol. The van der Waals surface area contributed by atoms with E-state index in [0.29, 0.717) is 39.2 Å². The van der Waals surface area contributed by atoms with Gasteiger partial charge in [-0.1, -0.05) is 60.5 Å². The lowest BCUT2D eigenvalue weighted by Crippen LogP contribution is -2.12. The second kappa shape index (κ2) is 11.0. The molecule has 4 aromatic carbocycles. The zero-order chi connectivity index (χ0) is 27.6. The summed E-state index contributed by atoms with van der Waals surface area (Å²) in [4.78, 5) is 12.6. The fourth-order valence-electron chi connectivity index (χ4n) is 3.81. The predicted octanol–water partition coefficient (Wildman–Crippen LogP) is 7.34. The van der Waals surface area contributed by atoms with E-state index in [2.05, 4.69) is 15.5 Å². The maximum absolute atomic E-state index is 13.2. The highest BCUT2D eigenvalue weighted by molar-refractivity contribution is 7.86. The molecule has 0 aliphatic heterocycles. The van der Waals surface area contributed by atoms with Gasteiger partial charge in [0.15, 0.2) is 5.75 Å². The highest BCUT2D eigenvalue weighted by Gasteiger charge is 2.22. The van der Waals surface area contributed by atoms with Crippen LogP contribution in [0.4, 0.5) is 17.1 Å². The number of aryl methyl sites for hydroxylation is 1. The predicted molar refractivity (Wildman–Crippen MR) is 146 cm³/mol. The molecule has 0 saturated heterocycles. The number of aromatic hydroxyl groups is 1. The number of carbonyl (C=O) groups excluding carboxylic acids is 1. The lowest BCUT2D eigenvalue weighted by molar-refractivity contribution is 0.102. The van der Waals surface area contributed by atoms with Crippen LogP contribution in [-0.4, -0.2) is 31.1 Å². The quantitative estimate of drug-likeness (QED) is 0.156. The van der Waals surface area contributed by atoms with Crippen molar-refractivity contribution in [2.75, 3.05) is 12.4 Å². The monoisotopic (exact) mass is 573 g/mol. The number of amides is 1. The molecule has 0 aromatic heterocycles. The molecule has 0 atom stereocenters. The number of hydrogen-bond acceptors (Lipinski definition) is 7. The normalized spacial score (nSPS) is 11.7. The Morgan fingerprint density at radius 2 is 1.74 bits per heavy atom. The van der Waals surface area contributed by atoms with Crippen LogP contribution in [0.3, 0.4) is 0 Å². The number of anilines is 1. The van der Waals surface area contributed by atoms with Crippen LogP contribution in [0.5, 0.6) is 11.5 Å². The number of rotatable bonds is 7. The van der Waals surface area contributed by atoms with E-state index >= 15 is 0 Å². The van der Waals surface area contributed by atoms with Crippen LogP contribution in [0.25, 0.3) is 10.8 Å². The van der Waals surface area contributed by atoms with Crippen molar-refractivity contribution in [3.63, 3.8) is 0 Å². The van der Waals surface area contributed by atoms with Crippen molar-refractivity contribution in [3.05, 3.63) is 81.8 Å². The zero-order valence-electron chi connectivity index (χ0n) is 20.1. The summed E-state index contributed by atoms with van der Waals surface area (Å²) in [6.07, 6.45) is 0.430. The summed E-state index contributed by atoms with van der Waals surface area (Å²) >= 11 is 12.3. The first-order chi connectivity index (χ1) is 18.0. The van der Waals surface area contributed by atoms with E-state index in [1.807, 2.05) is 0 Å². The summed E-state index contributed by atoms with van der Waals surface area (Å²) in [7, 11) is -3.17. The van der Waals surface area contributed by atoms with Gasteiger partial charge in [0, 0.05) is 17.1 Å². The van der Waals surface area contributed by atoms with Crippen LogP contribution < -0.4 is 10.1 Å². The molecule has 9 nitrogen and oxygen atoms in total. The third-order valence-corrected chi connectivity index (χ3v) is 7.42. The van der Waals surface area contributed by atoms with E-state index < -0.39 is 26.7 Å². The second-order valence-corrected chi connectivity index (χ2v) is 10.2. The van der Waals surface area contributed by atoms with Gasteiger partial charge < -0.3 is 15.2 Å². The molecular formula is C26H21Cl2N3O6S. The number of nitrogens with one attached hydrogen (secondary N) is 1. The number of carbonyl (C=O) groups is 1. The highest BCUT2D eigenvalue weighted by atomic mass is 35.5. The van der Waals surface area contributed by atoms with Crippen LogP contribution >= 0.6 is 23.2 Å². The third-order valence-electron chi connectivity index (χ3n) is 5.72.